The molecule has 0 aliphatic heterocycles. The van der Waals surface area contributed by atoms with Crippen molar-refractivity contribution in [2.24, 2.45) is 0 Å². The first-order chi connectivity index (χ1) is 5.29. The van der Waals surface area contributed by atoms with E-state index < -0.39 is 5.97 Å². The molecule has 0 atom stereocenters. The Morgan fingerprint density at radius 3 is 2.91 bits per heavy atom. The van der Waals surface area contributed by atoms with Gasteiger partial charge in [-0.1, -0.05) is 6.07 Å². The molecule has 0 saturated heterocycles. The monoisotopic (exact) mass is 149 g/mol. The van der Waals surface area contributed by atoms with Gasteiger partial charge < -0.3 is 5.11 Å². The normalized spacial score (nSPS) is 10.2. The summed E-state index contributed by atoms with van der Waals surface area (Å²) in [4.78, 5) is 14.0. The van der Waals surface area contributed by atoms with Crippen molar-refractivity contribution in [1.29, 1.82) is 0 Å². The first-order valence-corrected chi connectivity index (χ1v) is 3.11. The largest absolute Gasteiger partial charge is 0.478 e. The number of aromatic nitrogens is 1. The Hall–Kier alpha value is -1.64. The van der Waals surface area contributed by atoms with Gasteiger partial charge in [0.2, 0.25) is 0 Å². The number of rotatable bonds is 2. The minimum atomic E-state index is -0.962. The molecule has 0 spiro atoms. The van der Waals surface area contributed by atoms with Gasteiger partial charge in [-0.3, -0.25) is 4.98 Å². The van der Waals surface area contributed by atoms with Crippen LogP contribution >= 0.6 is 0 Å². The van der Waals surface area contributed by atoms with Crippen molar-refractivity contribution < 1.29 is 9.90 Å². The maximum absolute atomic E-state index is 10.1. The Bertz CT molecular complexity index is 267. The maximum Gasteiger partial charge on any atom is 0.328 e. The Labute approximate surface area is 64.0 Å². The Morgan fingerprint density at radius 1 is 1.55 bits per heavy atom. The van der Waals surface area contributed by atoms with Gasteiger partial charge in [-0.15, -0.1) is 0 Å². The van der Waals surface area contributed by atoms with E-state index in [1.165, 1.54) is 6.08 Å². The van der Waals surface area contributed by atoms with Gasteiger partial charge in [0, 0.05) is 12.3 Å². The predicted molar refractivity (Wildman–Crippen MR) is 40.9 cm³/mol. The lowest BCUT2D eigenvalue weighted by molar-refractivity contribution is -0.131. The van der Waals surface area contributed by atoms with Gasteiger partial charge in [0.1, 0.15) is 0 Å². The van der Waals surface area contributed by atoms with Crippen molar-refractivity contribution in [2.45, 2.75) is 0 Å². The summed E-state index contributed by atoms with van der Waals surface area (Å²) in [6.07, 6.45) is 4.12. The van der Waals surface area contributed by atoms with Gasteiger partial charge in [-0.25, -0.2) is 4.79 Å². The van der Waals surface area contributed by atoms with Gasteiger partial charge in [-0.2, -0.15) is 0 Å². The number of pyridine rings is 1. The molecule has 1 aromatic heterocycles. The fourth-order valence-electron chi connectivity index (χ4n) is 0.631. The highest BCUT2D eigenvalue weighted by atomic mass is 16.4. The second-order valence-corrected chi connectivity index (χ2v) is 1.93. The smallest absolute Gasteiger partial charge is 0.328 e. The van der Waals surface area contributed by atoms with Gasteiger partial charge in [0.15, 0.2) is 0 Å². The molecule has 0 unspecified atom stereocenters. The molecule has 3 nitrogen and oxygen atoms in total. The molecule has 3 heteroatoms. The van der Waals surface area contributed by atoms with Crippen molar-refractivity contribution in [3.63, 3.8) is 0 Å². The van der Waals surface area contributed by atoms with Crippen LogP contribution in [0.15, 0.2) is 30.5 Å². The molecule has 11 heavy (non-hydrogen) atoms. The van der Waals surface area contributed by atoms with Gasteiger partial charge in [0.25, 0.3) is 0 Å². The molecule has 1 aromatic rings. The van der Waals surface area contributed by atoms with Gasteiger partial charge in [0.05, 0.1) is 5.69 Å². The fourth-order valence-corrected chi connectivity index (χ4v) is 0.631. The molecule has 0 aromatic carbocycles. The van der Waals surface area contributed by atoms with E-state index in [-0.39, 0.29) is 0 Å². The van der Waals surface area contributed by atoms with Crippen LogP contribution in [0, 0.1) is 0 Å². The Balaban J connectivity index is 2.72. The standard InChI is InChI=1S/C8H7NO2/c10-8(11)5-4-7-3-1-2-6-9-7/h1-6H,(H,10,11). The zero-order chi connectivity index (χ0) is 8.10. The second-order valence-electron chi connectivity index (χ2n) is 1.93. The van der Waals surface area contributed by atoms with Crippen LogP contribution in [0.1, 0.15) is 5.69 Å². The first-order valence-electron chi connectivity index (χ1n) is 3.11. The van der Waals surface area contributed by atoms with Crippen molar-refractivity contribution in [1.82, 2.24) is 4.98 Å². The van der Waals surface area contributed by atoms with Gasteiger partial charge in [-0.05, 0) is 18.2 Å². The number of hydrogen-bond acceptors (Lipinski definition) is 2. The Morgan fingerprint density at radius 2 is 2.36 bits per heavy atom. The van der Waals surface area contributed by atoms with E-state index in [9.17, 15) is 4.79 Å². The first kappa shape index (κ1) is 7.47. The van der Waals surface area contributed by atoms with E-state index in [4.69, 9.17) is 5.11 Å². The summed E-state index contributed by atoms with van der Waals surface area (Å²) in [5, 5.41) is 8.26. The van der Waals surface area contributed by atoms with E-state index in [2.05, 4.69) is 4.98 Å². The summed E-state index contributed by atoms with van der Waals surface area (Å²) in [7, 11) is 0. The van der Waals surface area contributed by atoms with Crippen LogP contribution < -0.4 is 0 Å². The van der Waals surface area contributed by atoms with E-state index in [0.717, 1.165) is 6.08 Å². The molecule has 1 heterocycles. The number of aliphatic carboxylic acids is 1. The summed E-state index contributed by atoms with van der Waals surface area (Å²) in [5.41, 5.74) is 0.648. The van der Waals surface area contributed by atoms with Crippen LogP contribution in [0.5, 0.6) is 0 Å². The molecule has 1 rings (SSSR count). The molecule has 0 aliphatic rings. The highest BCUT2D eigenvalue weighted by Crippen LogP contribution is 1.95. The van der Waals surface area contributed by atoms with Crippen LogP contribution in [0.4, 0.5) is 0 Å². The summed E-state index contributed by atoms with van der Waals surface area (Å²) < 4.78 is 0. The van der Waals surface area contributed by atoms with Crippen LogP contribution in [0.3, 0.4) is 0 Å². The summed E-state index contributed by atoms with van der Waals surface area (Å²) in [6.45, 7) is 0. The number of carbonyl (C=O) groups is 1. The SMILES string of the molecule is O=C(O)C=Cc1ccccn1. The van der Waals surface area contributed by atoms with E-state index in [1.807, 2.05) is 0 Å². The third kappa shape index (κ3) is 2.62. The maximum atomic E-state index is 10.1. The molecule has 0 radical (unpaired) electrons. The van der Waals surface area contributed by atoms with E-state index in [1.54, 1.807) is 24.4 Å². The molecule has 1 N–H and O–H groups in total. The molecule has 0 bridgehead atoms. The van der Waals surface area contributed by atoms with Crippen molar-refractivity contribution >= 4 is 12.0 Å². The Kier molecular flexibility index (Phi) is 2.38. The van der Waals surface area contributed by atoms with Crippen LogP contribution in [-0.4, -0.2) is 16.1 Å². The second kappa shape index (κ2) is 3.51. The minimum absolute atomic E-state index is 0.648. The zero-order valence-corrected chi connectivity index (χ0v) is 5.77. The summed E-state index contributed by atoms with van der Waals surface area (Å²) >= 11 is 0. The van der Waals surface area contributed by atoms with E-state index >= 15 is 0 Å². The van der Waals surface area contributed by atoms with Gasteiger partial charge >= 0.3 is 5.97 Å². The molecule has 0 amide bonds. The quantitative estimate of drug-likeness (QED) is 0.642. The lowest BCUT2D eigenvalue weighted by atomic mass is 10.3. The average molecular weight is 149 g/mol. The molecule has 0 saturated carbocycles. The average Bonchev–Trinajstić information content (AvgIpc) is 2.03. The van der Waals surface area contributed by atoms with Crippen molar-refractivity contribution in [2.75, 3.05) is 0 Å². The third-order valence-corrected chi connectivity index (χ3v) is 1.08. The number of hydrogen-bond donors (Lipinski definition) is 1. The summed E-state index contributed by atoms with van der Waals surface area (Å²) in [5.74, 6) is -0.962. The number of carboxylic acid groups (broad SMARTS) is 1. The van der Waals surface area contributed by atoms with E-state index in [0.29, 0.717) is 5.69 Å². The fraction of sp³-hybridized carbons (Fsp3) is 0. The minimum Gasteiger partial charge on any atom is -0.478 e. The highest BCUT2D eigenvalue weighted by molar-refractivity contribution is 5.84. The van der Waals surface area contributed by atoms with Crippen molar-refractivity contribution in [3.8, 4) is 0 Å². The molecule has 0 aliphatic carbocycles. The topological polar surface area (TPSA) is 50.2 Å². The van der Waals surface area contributed by atoms with Crippen molar-refractivity contribution in [3.05, 3.63) is 36.2 Å². The summed E-state index contributed by atoms with van der Waals surface area (Å²) in [6, 6.07) is 5.31. The predicted octanol–water partition coefficient (Wildman–Crippen LogP) is 1.18. The lowest BCUT2D eigenvalue weighted by Crippen LogP contribution is -1.86. The lowest BCUT2D eigenvalue weighted by Gasteiger charge is -1.87. The molecule has 0 fully saturated rings. The highest BCUT2D eigenvalue weighted by Gasteiger charge is 1.87. The molecular weight excluding hydrogens is 142 g/mol. The molecular formula is C8H7NO2. The number of carboxylic acids is 1. The number of nitrogens with zero attached hydrogens (tertiary/aromatic N) is 1. The zero-order valence-electron chi connectivity index (χ0n) is 5.77. The van der Waals surface area contributed by atoms with Crippen LogP contribution in [-0.2, 0) is 4.79 Å². The van der Waals surface area contributed by atoms with Crippen LogP contribution in [0.2, 0.25) is 0 Å². The van der Waals surface area contributed by atoms with Crippen LogP contribution in [0.25, 0.3) is 6.08 Å². The molecule has 56 valence electrons. The third-order valence-electron chi connectivity index (χ3n) is 1.08.